The predicted octanol–water partition coefficient (Wildman–Crippen LogP) is 3.71. The highest BCUT2D eigenvalue weighted by atomic mass is 35.5. The summed E-state index contributed by atoms with van der Waals surface area (Å²) in [4.78, 5) is 15.7. The molecule has 0 amide bonds. The molecule has 3 heterocycles. The number of hydrogen-bond donors (Lipinski definition) is 0. The highest BCUT2D eigenvalue weighted by Gasteiger charge is 2.39. The van der Waals surface area contributed by atoms with E-state index < -0.39 is 0 Å². The van der Waals surface area contributed by atoms with Gasteiger partial charge in [-0.15, -0.1) is 12.4 Å². The second-order valence-corrected chi connectivity index (χ2v) is 7.74. The minimum absolute atomic E-state index is 0. The predicted molar refractivity (Wildman–Crippen MR) is 100 cm³/mol. The van der Waals surface area contributed by atoms with E-state index in [-0.39, 0.29) is 18.0 Å². The first kappa shape index (κ1) is 16.2. The van der Waals surface area contributed by atoms with Crippen molar-refractivity contribution in [3.05, 3.63) is 45.9 Å². The number of hydrogen-bond acceptors (Lipinski definition) is 2. The standard InChI is InChI=1S/C20H24N2O.ClH/c1-21-15-8-9-16(21)11-17(10-15)22-12-14-6-2-4-13-5-3-7-18(19(13)14)20(22)23;/h3,5,7,12,15-17H,2,4,6,8-11H2,1H3;1H/t15-,16+,17+;. The molecule has 2 aromatic rings. The van der Waals surface area contributed by atoms with E-state index in [1.807, 2.05) is 6.07 Å². The van der Waals surface area contributed by atoms with E-state index in [0.29, 0.717) is 18.1 Å². The van der Waals surface area contributed by atoms with E-state index in [2.05, 4.69) is 34.8 Å². The molecule has 1 aromatic heterocycles. The van der Waals surface area contributed by atoms with Crippen LogP contribution in [-0.2, 0) is 12.8 Å². The number of aromatic nitrogens is 1. The smallest absolute Gasteiger partial charge is 0.258 e. The molecule has 3 aliphatic rings. The van der Waals surface area contributed by atoms with Crippen LogP contribution in [0.25, 0.3) is 10.8 Å². The summed E-state index contributed by atoms with van der Waals surface area (Å²) < 4.78 is 2.10. The summed E-state index contributed by atoms with van der Waals surface area (Å²) in [6, 6.07) is 8.03. The molecule has 3 atom stereocenters. The van der Waals surface area contributed by atoms with Gasteiger partial charge in [-0.05, 0) is 74.6 Å². The van der Waals surface area contributed by atoms with Gasteiger partial charge in [-0.25, -0.2) is 0 Å². The Morgan fingerprint density at radius 1 is 1.00 bits per heavy atom. The van der Waals surface area contributed by atoms with Gasteiger partial charge in [0.25, 0.3) is 5.56 Å². The zero-order valence-electron chi connectivity index (χ0n) is 14.2. The number of nitrogens with zero attached hydrogens (tertiary/aromatic N) is 2. The van der Waals surface area contributed by atoms with Crippen molar-refractivity contribution < 1.29 is 0 Å². The number of pyridine rings is 1. The normalized spacial score (nSPS) is 28.8. The Morgan fingerprint density at radius 2 is 1.71 bits per heavy atom. The molecule has 128 valence electrons. The van der Waals surface area contributed by atoms with Crippen LogP contribution >= 0.6 is 12.4 Å². The lowest BCUT2D eigenvalue weighted by atomic mass is 9.89. The van der Waals surface area contributed by atoms with Crippen molar-refractivity contribution in [3.63, 3.8) is 0 Å². The largest absolute Gasteiger partial charge is 0.312 e. The molecule has 0 spiro atoms. The molecule has 5 rings (SSSR count). The molecule has 2 saturated heterocycles. The molecule has 1 aliphatic carbocycles. The Labute approximate surface area is 149 Å². The summed E-state index contributed by atoms with van der Waals surface area (Å²) >= 11 is 0. The van der Waals surface area contributed by atoms with E-state index in [4.69, 9.17) is 0 Å². The van der Waals surface area contributed by atoms with E-state index in [1.54, 1.807) is 0 Å². The number of fused-ring (bicyclic) bond motifs is 2. The van der Waals surface area contributed by atoms with E-state index in [0.717, 1.165) is 31.1 Å². The van der Waals surface area contributed by atoms with Gasteiger partial charge >= 0.3 is 0 Å². The SMILES string of the molecule is CN1[C@@H]2CC[C@H]1C[C@@H](n1cc3c4c(cccc4c1=O)CCC3)C2.Cl. The second kappa shape index (κ2) is 5.89. The van der Waals surface area contributed by atoms with Crippen LogP contribution in [0, 0.1) is 0 Å². The average molecular weight is 345 g/mol. The van der Waals surface area contributed by atoms with Crippen molar-refractivity contribution in [2.75, 3.05) is 7.05 Å². The highest BCUT2D eigenvalue weighted by molar-refractivity contribution is 5.88. The molecule has 2 fully saturated rings. The molecule has 3 nitrogen and oxygen atoms in total. The summed E-state index contributed by atoms with van der Waals surface area (Å²) in [5, 5.41) is 2.21. The Bertz CT molecular complexity index is 829. The van der Waals surface area contributed by atoms with E-state index in [1.165, 1.54) is 35.8 Å². The van der Waals surface area contributed by atoms with Crippen LogP contribution in [-0.4, -0.2) is 28.6 Å². The van der Waals surface area contributed by atoms with Gasteiger partial charge in [0.15, 0.2) is 0 Å². The number of aryl methyl sites for hydroxylation is 2. The fourth-order valence-corrected chi connectivity index (χ4v) is 5.34. The van der Waals surface area contributed by atoms with Crippen molar-refractivity contribution in [3.8, 4) is 0 Å². The number of halogens is 1. The van der Waals surface area contributed by atoms with Crippen LogP contribution < -0.4 is 5.56 Å². The Hall–Kier alpha value is -1.32. The molecule has 0 saturated carbocycles. The lowest BCUT2D eigenvalue weighted by Gasteiger charge is -2.37. The quantitative estimate of drug-likeness (QED) is 0.788. The Morgan fingerprint density at radius 3 is 2.46 bits per heavy atom. The summed E-state index contributed by atoms with van der Waals surface area (Å²) in [5.74, 6) is 0. The fraction of sp³-hybridized carbons (Fsp3) is 0.550. The van der Waals surface area contributed by atoms with Crippen molar-refractivity contribution in [1.29, 1.82) is 0 Å². The molecule has 0 unspecified atom stereocenters. The molecule has 4 heteroatoms. The van der Waals surface area contributed by atoms with Crippen LogP contribution in [0.15, 0.2) is 29.2 Å². The van der Waals surface area contributed by atoms with Crippen molar-refractivity contribution >= 4 is 23.2 Å². The summed E-state index contributed by atoms with van der Waals surface area (Å²) in [6.45, 7) is 0. The van der Waals surface area contributed by atoms with Crippen LogP contribution in [0.1, 0.15) is 49.3 Å². The van der Waals surface area contributed by atoms with Crippen LogP contribution in [0.4, 0.5) is 0 Å². The van der Waals surface area contributed by atoms with Gasteiger partial charge in [0.1, 0.15) is 0 Å². The molecular weight excluding hydrogens is 320 g/mol. The average Bonchev–Trinajstić information content (AvgIpc) is 2.79. The maximum atomic E-state index is 13.1. The van der Waals surface area contributed by atoms with Gasteiger partial charge in [-0.2, -0.15) is 0 Å². The minimum atomic E-state index is 0. The molecule has 1 aromatic carbocycles. The van der Waals surface area contributed by atoms with Gasteiger partial charge in [-0.1, -0.05) is 12.1 Å². The number of piperidine rings is 1. The minimum Gasteiger partial charge on any atom is -0.312 e. The third-order valence-corrected chi connectivity index (χ3v) is 6.59. The van der Waals surface area contributed by atoms with Gasteiger partial charge in [0, 0.05) is 29.7 Å². The molecule has 24 heavy (non-hydrogen) atoms. The first-order chi connectivity index (χ1) is 11.2. The summed E-state index contributed by atoms with van der Waals surface area (Å²) in [7, 11) is 2.26. The first-order valence-electron chi connectivity index (χ1n) is 9.10. The molecule has 0 N–H and O–H groups in total. The summed E-state index contributed by atoms with van der Waals surface area (Å²) in [5.41, 5.74) is 3.01. The third kappa shape index (κ3) is 2.25. The Balaban J connectivity index is 0.00000146. The highest BCUT2D eigenvalue weighted by Crippen LogP contribution is 2.40. The topological polar surface area (TPSA) is 25.2 Å². The zero-order chi connectivity index (χ0) is 15.6. The van der Waals surface area contributed by atoms with Gasteiger partial charge in [0.2, 0.25) is 0 Å². The maximum absolute atomic E-state index is 13.1. The van der Waals surface area contributed by atoms with E-state index in [9.17, 15) is 4.79 Å². The summed E-state index contributed by atoms with van der Waals surface area (Å²) in [6.07, 6.45) is 10.5. The van der Waals surface area contributed by atoms with Crippen LogP contribution in [0.5, 0.6) is 0 Å². The molecular formula is C20H25ClN2O. The monoisotopic (exact) mass is 344 g/mol. The van der Waals surface area contributed by atoms with Gasteiger partial charge < -0.3 is 9.47 Å². The van der Waals surface area contributed by atoms with Crippen molar-refractivity contribution in [1.82, 2.24) is 9.47 Å². The first-order valence-corrected chi connectivity index (χ1v) is 9.10. The lowest BCUT2D eigenvalue weighted by Crippen LogP contribution is -2.42. The van der Waals surface area contributed by atoms with E-state index >= 15 is 0 Å². The molecule has 0 radical (unpaired) electrons. The van der Waals surface area contributed by atoms with Crippen molar-refractivity contribution in [2.45, 2.75) is 63.1 Å². The molecule has 2 aliphatic heterocycles. The second-order valence-electron chi connectivity index (χ2n) is 7.74. The number of benzene rings is 1. The number of rotatable bonds is 1. The van der Waals surface area contributed by atoms with Gasteiger partial charge in [-0.3, -0.25) is 4.79 Å². The van der Waals surface area contributed by atoms with Crippen LogP contribution in [0.3, 0.4) is 0 Å². The third-order valence-electron chi connectivity index (χ3n) is 6.59. The van der Waals surface area contributed by atoms with Crippen molar-refractivity contribution in [2.24, 2.45) is 0 Å². The van der Waals surface area contributed by atoms with Crippen LogP contribution in [0.2, 0.25) is 0 Å². The maximum Gasteiger partial charge on any atom is 0.258 e. The zero-order valence-corrected chi connectivity index (χ0v) is 15.0. The van der Waals surface area contributed by atoms with Gasteiger partial charge in [0.05, 0.1) is 0 Å². The Kier molecular flexibility index (Phi) is 3.97. The lowest BCUT2D eigenvalue weighted by molar-refractivity contribution is 0.136. The molecule has 2 bridgehead atoms. The fourth-order valence-electron chi connectivity index (χ4n) is 5.34.